The summed E-state index contributed by atoms with van der Waals surface area (Å²) in [5.74, 6) is 0. The molecule has 0 heterocycles. The van der Waals surface area contributed by atoms with Crippen LogP contribution in [-0.2, 0) is 17.1 Å². The molecule has 4 aromatic carbocycles. The van der Waals surface area contributed by atoms with Gasteiger partial charge in [0.15, 0.2) is 0 Å². The molecular weight excluding hydrogens is 502 g/mol. The van der Waals surface area contributed by atoms with Crippen molar-refractivity contribution in [3.8, 4) is 0 Å². The molecule has 1 atom stereocenters. The van der Waals surface area contributed by atoms with Crippen molar-refractivity contribution in [2.45, 2.75) is 64.4 Å². The van der Waals surface area contributed by atoms with E-state index in [9.17, 15) is 0 Å². The van der Waals surface area contributed by atoms with E-state index in [2.05, 4.69) is 127 Å². The van der Waals surface area contributed by atoms with E-state index in [1.54, 1.807) is 10.9 Å². The van der Waals surface area contributed by atoms with E-state index < -0.39 is 7.92 Å². The van der Waals surface area contributed by atoms with Crippen molar-refractivity contribution in [3.63, 3.8) is 0 Å². The molecule has 0 aliphatic rings. The third kappa shape index (κ3) is 8.00. The van der Waals surface area contributed by atoms with Gasteiger partial charge >= 0.3 is 0 Å². The molecule has 0 aromatic heterocycles. The Morgan fingerprint density at radius 2 is 1.03 bits per heavy atom. The molecule has 0 amide bonds. The van der Waals surface area contributed by atoms with Crippen molar-refractivity contribution >= 4 is 31.8 Å². The van der Waals surface area contributed by atoms with Crippen LogP contribution in [0.25, 0.3) is 0 Å². The molecular formula is C32H40FeP2-6. The van der Waals surface area contributed by atoms with Gasteiger partial charge in [-0.2, -0.15) is 6.07 Å². The van der Waals surface area contributed by atoms with Gasteiger partial charge in [0.2, 0.25) is 0 Å². The second kappa shape index (κ2) is 13.2. The van der Waals surface area contributed by atoms with Gasteiger partial charge in [-0.05, 0) is 34.5 Å². The van der Waals surface area contributed by atoms with E-state index in [0.29, 0.717) is 5.66 Å². The standard InChI is InChI=1S/C27H35P2.C5H5.Fe/c1-21(24-19-14-20-25(24)29(26(2,3)4)27(5,6)7)28(22-15-10-8-11-16-22)23-17-12-9-13-18-23;1-2-4-5-3-1;/h8-21H,1-7H3;1-5H;/q-1;-5;/t21-;;/m0../s1. The van der Waals surface area contributed by atoms with Crippen molar-refractivity contribution in [2.24, 2.45) is 0 Å². The SMILES string of the molecule is C[C@@H]([c-]1cccc1P(C(C)(C)C)C(C)(C)C)P(c1ccccc1)c1ccccc1.[Fe].[cH-]1[cH-][cH-][cH-][cH-]1. The van der Waals surface area contributed by atoms with Crippen LogP contribution in [0.2, 0.25) is 0 Å². The van der Waals surface area contributed by atoms with E-state index in [0.717, 1.165) is 0 Å². The van der Waals surface area contributed by atoms with Crippen LogP contribution in [0, 0.1) is 0 Å². The quantitative estimate of drug-likeness (QED) is 0.134. The maximum atomic E-state index is 2.45. The Balaban J connectivity index is 0.000000640. The average molecular weight is 542 g/mol. The first-order chi connectivity index (χ1) is 16.1. The second-order valence-electron chi connectivity index (χ2n) is 10.7. The molecule has 0 N–H and O–H groups in total. The van der Waals surface area contributed by atoms with E-state index in [-0.39, 0.29) is 35.3 Å². The summed E-state index contributed by atoms with van der Waals surface area (Å²) in [6.45, 7) is 17.0. The predicted octanol–water partition coefficient (Wildman–Crippen LogP) is 8.71. The van der Waals surface area contributed by atoms with E-state index in [1.165, 1.54) is 10.6 Å². The molecule has 0 spiro atoms. The van der Waals surface area contributed by atoms with E-state index in [1.807, 2.05) is 30.3 Å². The summed E-state index contributed by atoms with van der Waals surface area (Å²) in [5.41, 5.74) is 2.04. The van der Waals surface area contributed by atoms with Crippen molar-refractivity contribution in [3.05, 3.63) is 115 Å². The van der Waals surface area contributed by atoms with Gasteiger partial charge in [-0.25, -0.2) is 12.1 Å². The van der Waals surface area contributed by atoms with Gasteiger partial charge in [-0.1, -0.05) is 117 Å². The molecule has 192 valence electrons. The first kappa shape index (κ1) is 29.7. The molecule has 0 aliphatic heterocycles. The van der Waals surface area contributed by atoms with Crippen LogP contribution in [0.1, 0.15) is 59.7 Å². The van der Waals surface area contributed by atoms with Crippen LogP contribution in [0.3, 0.4) is 0 Å². The Morgan fingerprint density at radius 1 is 0.629 bits per heavy atom. The minimum Gasteiger partial charge on any atom is -0.748 e. The number of benzene rings is 2. The Labute approximate surface area is 227 Å². The van der Waals surface area contributed by atoms with Gasteiger partial charge in [0.25, 0.3) is 0 Å². The summed E-state index contributed by atoms with van der Waals surface area (Å²) in [6, 6.07) is 39.3. The van der Waals surface area contributed by atoms with Crippen LogP contribution in [0.4, 0.5) is 0 Å². The minimum absolute atomic E-state index is 0. The maximum Gasteiger partial charge on any atom is 0 e. The smallest absolute Gasteiger partial charge is 0 e. The molecule has 0 saturated heterocycles. The van der Waals surface area contributed by atoms with Gasteiger partial charge in [0.05, 0.1) is 0 Å². The molecule has 35 heavy (non-hydrogen) atoms. The zero-order valence-electron chi connectivity index (χ0n) is 22.2. The monoisotopic (exact) mass is 542 g/mol. The van der Waals surface area contributed by atoms with Crippen molar-refractivity contribution in [2.75, 3.05) is 0 Å². The molecule has 3 heteroatoms. The molecule has 0 aliphatic carbocycles. The number of rotatable bonds is 5. The summed E-state index contributed by atoms with van der Waals surface area (Å²) >= 11 is 0. The Morgan fingerprint density at radius 3 is 1.40 bits per heavy atom. The number of hydrogen-bond donors (Lipinski definition) is 0. The Kier molecular flexibility index (Phi) is 11.2. The zero-order valence-corrected chi connectivity index (χ0v) is 25.1. The van der Waals surface area contributed by atoms with Crippen molar-refractivity contribution < 1.29 is 17.1 Å². The molecule has 0 fully saturated rings. The topological polar surface area (TPSA) is 0 Å². The second-order valence-corrected chi connectivity index (χ2v) is 17.1. The van der Waals surface area contributed by atoms with Crippen LogP contribution < -0.4 is 15.9 Å². The van der Waals surface area contributed by atoms with Gasteiger partial charge in [0, 0.05) is 17.1 Å². The average Bonchev–Trinajstić information content (AvgIpc) is 3.49. The molecule has 4 aromatic rings. The summed E-state index contributed by atoms with van der Waals surface area (Å²) in [7, 11) is -0.771. The first-order valence-electron chi connectivity index (χ1n) is 12.2. The van der Waals surface area contributed by atoms with Crippen LogP contribution >= 0.6 is 15.8 Å². The van der Waals surface area contributed by atoms with Gasteiger partial charge < -0.3 is 30.3 Å². The van der Waals surface area contributed by atoms with Crippen molar-refractivity contribution in [1.29, 1.82) is 0 Å². The Hall–Kier alpha value is -1.48. The molecule has 0 bridgehead atoms. The fourth-order valence-corrected chi connectivity index (χ4v) is 11.9. The normalized spacial score (nSPS) is 12.6. The molecule has 0 nitrogen and oxygen atoms in total. The minimum atomic E-state index is -0.465. The largest absolute Gasteiger partial charge is 0.748 e. The van der Waals surface area contributed by atoms with Crippen LogP contribution in [0.15, 0.2) is 109 Å². The predicted molar refractivity (Wildman–Crippen MR) is 158 cm³/mol. The Bertz CT molecular complexity index is 1010. The summed E-state index contributed by atoms with van der Waals surface area (Å²) in [6.07, 6.45) is 0. The maximum absolute atomic E-state index is 2.45. The third-order valence-corrected chi connectivity index (χ3v) is 12.2. The van der Waals surface area contributed by atoms with Gasteiger partial charge in [-0.15, -0.1) is 10.9 Å². The first-order valence-corrected chi connectivity index (χ1v) is 15.0. The van der Waals surface area contributed by atoms with E-state index >= 15 is 0 Å². The molecule has 0 saturated carbocycles. The molecule has 0 unspecified atom stereocenters. The fraction of sp³-hybridized carbons (Fsp3) is 0.312. The van der Waals surface area contributed by atoms with E-state index in [4.69, 9.17) is 0 Å². The molecule has 4 rings (SSSR count). The number of hydrogen-bond acceptors (Lipinski definition) is 0. The zero-order chi connectivity index (χ0) is 24.8. The molecule has 0 radical (unpaired) electrons. The van der Waals surface area contributed by atoms with Gasteiger partial charge in [0.1, 0.15) is 0 Å². The fourth-order valence-electron chi connectivity index (χ4n) is 4.94. The summed E-state index contributed by atoms with van der Waals surface area (Å²) in [5, 5.41) is 5.08. The third-order valence-electron chi connectivity index (χ3n) is 5.87. The summed E-state index contributed by atoms with van der Waals surface area (Å²) in [4.78, 5) is 0. The van der Waals surface area contributed by atoms with Crippen molar-refractivity contribution in [1.82, 2.24) is 0 Å². The van der Waals surface area contributed by atoms with Gasteiger partial charge in [-0.3, -0.25) is 0 Å². The van der Waals surface area contributed by atoms with Crippen LogP contribution in [-0.4, -0.2) is 10.3 Å². The van der Waals surface area contributed by atoms with Crippen LogP contribution in [0.5, 0.6) is 0 Å². The summed E-state index contributed by atoms with van der Waals surface area (Å²) < 4.78 is 0.